The van der Waals surface area contributed by atoms with Crippen molar-refractivity contribution in [2.24, 2.45) is 17.8 Å². The quantitative estimate of drug-likeness (QED) is 0.583. The van der Waals surface area contributed by atoms with Crippen molar-refractivity contribution in [1.82, 2.24) is 0 Å². The lowest BCUT2D eigenvalue weighted by molar-refractivity contribution is 0.0526. The Morgan fingerprint density at radius 3 is 2.71 bits per heavy atom. The fourth-order valence-corrected chi connectivity index (χ4v) is 6.42. The van der Waals surface area contributed by atoms with Crippen molar-refractivity contribution in [3.05, 3.63) is 63.1 Å². The molecular formula is C23H23Cl2NO2. The maximum Gasteiger partial charge on any atom is 0.338 e. The Balaban J connectivity index is 1.59. The molecular weight excluding hydrogens is 393 g/mol. The Kier molecular flexibility index (Phi) is 4.56. The molecule has 1 aliphatic heterocycles. The minimum absolute atomic E-state index is 0.172. The Morgan fingerprint density at radius 1 is 1.11 bits per heavy atom. The number of hydrogen-bond acceptors (Lipinski definition) is 3. The van der Waals surface area contributed by atoms with Gasteiger partial charge >= 0.3 is 5.97 Å². The number of carbonyl (C=O) groups is 1. The van der Waals surface area contributed by atoms with Crippen LogP contribution in [0.2, 0.25) is 10.0 Å². The van der Waals surface area contributed by atoms with Crippen LogP contribution in [-0.2, 0) is 4.74 Å². The first-order valence-corrected chi connectivity index (χ1v) is 10.8. The first-order valence-electron chi connectivity index (χ1n) is 10.1. The predicted octanol–water partition coefficient (Wildman–Crippen LogP) is 6.47. The number of ether oxygens (including phenoxy) is 1. The van der Waals surface area contributed by atoms with Gasteiger partial charge in [0.05, 0.1) is 18.2 Å². The van der Waals surface area contributed by atoms with Gasteiger partial charge in [-0.3, -0.25) is 0 Å². The van der Waals surface area contributed by atoms with E-state index in [1.165, 1.54) is 24.8 Å². The van der Waals surface area contributed by atoms with Gasteiger partial charge in [-0.1, -0.05) is 29.3 Å². The van der Waals surface area contributed by atoms with Crippen LogP contribution in [0, 0.1) is 17.8 Å². The van der Waals surface area contributed by atoms with Crippen LogP contribution in [0.5, 0.6) is 0 Å². The molecule has 3 aliphatic rings. The number of benzene rings is 2. The average Bonchev–Trinajstić information content (AvgIpc) is 3.30. The van der Waals surface area contributed by atoms with Crippen LogP contribution in [0.1, 0.15) is 59.6 Å². The van der Waals surface area contributed by atoms with Gasteiger partial charge < -0.3 is 10.1 Å². The van der Waals surface area contributed by atoms with Gasteiger partial charge in [0.2, 0.25) is 0 Å². The van der Waals surface area contributed by atoms with Crippen LogP contribution >= 0.6 is 23.2 Å². The van der Waals surface area contributed by atoms with E-state index in [1.807, 2.05) is 31.2 Å². The smallest absolute Gasteiger partial charge is 0.338 e. The molecule has 5 heteroatoms. The molecule has 0 amide bonds. The third kappa shape index (κ3) is 2.83. The Bertz CT molecular complexity index is 944. The number of carbonyl (C=O) groups excluding carboxylic acids is 1. The monoisotopic (exact) mass is 415 g/mol. The zero-order valence-electron chi connectivity index (χ0n) is 15.8. The zero-order valence-corrected chi connectivity index (χ0v) is 17.3. The molecule has 28 heavy (non-hydrogen) atoms. The molecule has 2 fully saturated rings. The van der Waals surface area contributed by atoms with E-state index in [-0.39, 0.29) is 12.0 Å². The van der Waals surface area contributed by atoms with Crippen molar-refractivity contribution >= 4 is 34.9 Å². The summed E-state index contributed by atoms with van der Waals surface area (Å²) in [6.07, 6.45) is 3.82. The summed E-state index contributed by atoms with van der Waals surface area (Å²) in [6.45, 7) is 2.23. The lowest BCUT2D eigenvalue weighted by atomic mass is 9.68. The number of halogens is 2. The predicted molar refractivity (Wildman–Crippen MR) is 112 cm³/mol. The molecule has 0 spiro atoms. The van der Waals surface area contributed by atoms with Gasteiger partial charge in [0.1, 0.15) is 0 Å². The topological polar surface area (TPSA) is 38.3 Å². The van der Waals surface area contributed by atoms with Gasteiger partial charge in [-0.05, 0) is 91.3 Å². The fourth-order valence-electron chi connectivity index (χ4n) is 5.89. The van der Waals surface area contributed by atoms with E-state index in [9.17, 15) is 4.79 Å². The van der Waals surface area contributed by atoms with Gasteiger partial charge in [0, 0.05) is 15.7 Å². The molecule has 3 nitrogen and oxygen atoms in total. The highest BCUT2D eigenvalue weighted by Crippen LogP contribution is 2.64. The summed E-state index contributed by atoms with van der Waals surface area (Å²) in [6, 6.07) is 11.9. The minimum atomic E-state index is -0.243. The lowest BCUT2D eigenvalue weighted by Crippen LogP contribution is -2.35. The van der Waals surface area contributed by atoms with Crippen molar-refractivity contribution in [1.29, 1.82) is 0 Å². The summed E-state index contributed by atoms with van der Waals surface area (Å²) < 4.78 is 5.22. The summed E-state index contributed by atoms with van der Waals surface area (Å²) in [7, 11) is 0. The molecule has 2 aromatic rings. The molecule has 5 rings (SSSR count). The highest BCUT2D eigenvalue weighted by molar-refractivity contribution is 6.35. The third-order valence-electron chi connectivity index (χ3n) is 6.90. The van der Waals surface area contributed by atoms with Crippen molar-refractivity contribution in [3.63, 3.8) is 0 Å². The van der Waals surface area contributed by atoms with E-state index in [0.29, 0.717) is 40.9 Å². The molecule has 5 atom stereocenters. The summed E-state index contributed by atoms with van der Waals surface area (Å²) in [4.78, 5) is 12.3. The number of fused-ring (bicyclic) bond motifs is 7. The largest absolute Gasteiger partial charge is 0.462 e. The Labute approximate surface area is 175 Å². The van der Waals surface area contributed by atoms with Crippen LogP contribution in [0.15, 0.2) is 36.4 Å². The van der Waals surface area contributed by atoms with E-state index in [1.54, 1.807) is 0 Å². The van der Waals surface area contributed by atoms with Gasteiger partial charge in [0.15, 0.2) is 0 Å². The van der Waals surface area contributed by atoms with E-state index in [0.717, 1.165) is 16.3 Å². The minimum Gasteiger partial charge on any atom is -0.462 e. The van der Waals surface area contributed by atoms with Gasteiger partial charge in [0.25, 0.3) is 0 Å². The second-order valence-electron chi connectivity index (χ2n) is 8.25. The highest BCUT2D eigenvalue weighted by atomic mass is 35.5. The fraction of sp³-hybridized carbons (Fsp3) is 0.435. The first kappa shape index (κ1) is 18.3. The van der Waals surface area contributed by atoms with Gasteiger partial charge in [-0.15, -0.1) is 0 Å². The molecule has 0 radical (unpaired) electrons. The number of esters is 1. The number of hydrogen-bond donors (Lipinski definition) is 1. The van der Waals surface area contributed by atoms with Crippen LogP contribution in [0.25, 0.3) is 0 Å². The molecule has 0 saturated heterocycles. The molecule has 0 aromatic heterocycles. The van der Waals surface area contributed by atoms with Crippen molar-refractivity contribution in [3.8, 4) is 0 Å². The number of rotatable bonds is 3. The molecule has 2 saturated carbocycles. The van der Waals surface area contributed by atoms with E-state index < -0.39 is 0 Å². The molecule has 146 valence electrons. The van der Waals surface area contributed by atoms with Crippen molar-refractivity contribution in [2.75, 3.05) is 11.9 Å². The Morgan fingerprint density at radius 2 is 1.93 bits per heavy atom. The Hall–Kier alpha value is -1.71. The first-order chi connectivity index (χ1) is 13.6. The molecule has 2 aliphatic carbocycles. The van der Waals surface area contributed by atoms with Gasteiger partial charge in [-0.25, -0.2) is 4.79 Å². The van der Waals surface area contributed by atoms with E-state index in [4.69, 9.17) is 27.9 Å². The van der Waals surface area contributed by atoms with Crippen LogP contribution in [0.4, 0.5) is 5.69 Å². The highest BCUT2D eigenvalue weighted by Gasteiger charge is 2.54. The second kappa shape index (κ2) is 6.96. The maximum atomic E-state index is 12.3. The van der Waals surface area contributed by atoms with Crippen LogP contribution in [0.3, 0.4) is 0 Å². The van der Waals surface area contributed by atoms with Crippen molar-refractivity contribution < 1.29 is 9.53 Å². The summed E-state index contributed by atoms with van der Waals surface area (Å²) >= 11 is 12.7. The van der Waals surface area contributed by atoms with Gasteiger partial charge in [-0.2, -0.15) is 0 Å². The SMILES string of the molecule is CCOC(=O)c1ccc2c(c1)C1C3CCC(C3)C1C(c1ccc(Cl)cc1Cl)N2. The maximum absolute atomic E-state index is 12.3. The van der Waals surface area contributed by atoms with Crippen molar-refractivity contribution in [2.45, 2.75) is 38.1 Å². The van der Waals surface area contributed by atoms with E-state index in [2.05, 4.69) is 17.4 Å². The molecule has 1 N–H and O–H groups in total. The molecule has 2 aromatic carbocycles. The van der Waals surface area contributed by atoms with Crippen LogP contribution < -0.4 is 5.32 Å². The average molecular weight is 416 g/mol. The number of nitrogens with one attached hydrogen (secondary N) is 1. The molecule has 5 unspecified atom stereocenters. The molecule has 1 heterocycles. The summed E-state index contributed by atoms with van der Waals surface area (Å²) in [5, 5.41) is 5.13. The number of anilines is 1. The molecule has 2 bridgehead atoms. The third-order valence-corrected chi connectivity index (χ3v) is 7.46. The zero-order chi connectivity index (χ0) is 19.4. The summed E-state index contributed by atoms with van der Waals surface area (Å²) in [5.41, 5.74) is 4.14. The normalized spacial score (nSPS) is 29.8. The van der Waals surface area contributed by atoms with Crippen LogP contribution in [-0.4, -0.2) is 12.6 Å². The second-order valence-corrected chi connectivity index (χ2v) is 9.09. The lowest BCUT2D eigenvalue weighted by Gasteiger charge is -2.44. The standard InChI is InChI=1S/C23H23Cl2NO2/c1-2-28-23(27)14-5-8-19-17(10-14)20-12-3-4-13(9-12)21(20)22(26-19)16-7-6-15(24)11-18(16)25/h5-8,10-13,20-22,26H,2-4,9H2,1H3. The van der Waals surface area contributed by atoms with E-state index >= 15 is 0 Å². The summed E-state index contributed by atoms with van der Waals surface area (Å²) in [5.74, 6) is 2.08.